The van der Waals surface area contributed by atoms with Crippen molar-refractivity contribution in [3.63, 3.8) is 0 Å². The lowest BCUT2D eigenvalue weighted by Gasteiger charge is -2.34. The van der Waals surface area contributed by atoms with Crippen LogP contribution in [0.4, 0.5) is 5.69 Å². The minimum Gasteiger partial charge on any atom is -0.459 e. The highest BCUT2D eigenvalue weighted by atomic mass is 16.3. The summed E-state index contributed by atoms with van der Waals surface area (Å²) in [7, 11) is 0. The Morgan fingerprint density at radius 3 is 1.67 bits per heavy atom. The lowest BCUT2D eigenvalue weighted by Crippen LogP contribution is -2.49. The second-order valence-corrected chi connectivity index (χ2v) is 12.5. The third kappa shape index (κ3) is 6.45. The summed E-state index contributed by atoms with van der Waals surface area (Å²) < 4.78 is 5.48. The maximum atomic E-state index is 13.9. The second-order valence-electron chi connectivity index (χ2n) is 12.5. The second kappa shape index (κ2) is 9.96. The lowest BCUT2D eigenvalue weighted by atomic mass is 9.86. The van der Waals surface area contributed by atoms with Gasteiger partial charge in [-0.25, -0.2) is 0 Å². The van der Waals surface area contributed by atoms with E-state index < -0.39 is 11.6 Å². The topological polar surface area (TPSA) is 62.6 Å². The predicted molar refractivity (Wildman–Crippen MR) is 146 cm³/mol. The average molecular weight is 489 g/mol. The van der Waals surface area contributed by atoms with Crippen LogP contribution in [-0.4, -0.2) is 17.4 Å². The highest BCUT2D eigenvalue weighted by Gasteiger charge is 2.36. The number of furan rings is 1. The van der Waals surface area contributed by atoms with Crippen LogP contribution in [0.1, 0.15) is 95.6 Å². The van der Waals surface area contributed by atoms with Crippen LogP contribution in [0.15, 0.2) is 71.3 Å². The van der Waals surface area contributed by atoms with E-state index >= 15 is 0 Å². The van der Waals surface area contributed by atoms with Gasteiger partial charge in [-0.15, -0.1) is 0 Å². The van der Waals surface area contributed by atoms with Gasteiger partial charge in [0.2, 0.25) is 5.91 Å². The Hall–Kier alpha value is -3.34. The summed E-state index contributed by atoms with van der Waals surface area (Å²) in [5.74, 6) is -0.460. The molecule has 0 bridgehead atoms. The third-order valence-electron chi connectivity index (χ3n) is 6.06. The fourth-order valence-corrected chi connectivity index (χ4v) is 4.05. The fourth-order valence-electron chi connectivity index (χ4n) is 4.05. The van der Waals surface area contributed by atoms with E-state index in [2.05, 4.69) is 46.9 Å². The minimum atomic E-state index is -0.892. The molecule has 5 nitrogen and oxygen atoms in total. The first-order chi connectivity index (χ1) is 16.6. The monoisotopic (exact) mass is 488 g/mol. The molecule has 2 aromatic carbocycles. The molecule has 0 aliphatic heterocycles. The van der Waals surface area contributed by atoms with Crippen LogP contribution < -0.4 is 10.2 Å². The Morgan fingerprint density at radius 1 is 0.750 bits per heavy atom. The third-order valence-corrected chi connectivity index (χ3v) is 6.06. The van der Waals surface area contributed by atoms with E-state index in [0.717, 1.165) is 16.7 Å². The molecule has 0 fully saturated rings. The average Bonchev–Trinajstić information content (AvgIpc) is 3.30. The number of hydrogen-bond donors (Lipinski definition) is 1. The number of hydrogen-bond acceptors (Lipinski definition) is 3. The van der Waals surface area contributed by atoms with E-state index in [-0.39, 0.29) is 28.4 Å². The van der Waals surface area contributed by atoms with Gasteiger partial charge >= 0.3 is 0 Å². The van der Waals surface area contributed by atoms with E-state index in [0.29, 0.717) is 5.69 Å². The number of carbonyl (C=O) groups excluding carboxylic acids is 2. The van der Waals surface area contributed by atoms with Crippen molar-refractivity contribution in [1.29, 1.82) is 0 Å². The van der Waals surface area contributed by atoms with Crippen molar-refractivity contribution in [2.45, 2.75) is 84.7 Å². The molecule has 192 valence electrons. The van der Waals surface area contributed by atoms with Crippen LogP contribution in [0.5, 0.6) is 0 Å². The maximum Gasteiger partial charge on any atom is 0.294 e. The molecule has 1 heterocycles. The van der Waals surface area contributed by atoms with Crippen LogP contribution >= 0.6 is 0 Å². The quantitative estimate of drug-likeness (QED) is 0.414. The van der Waals surface area contributed by atoms with Crippen molar-refractivity contribution in [2.24, 2.45) is 0 Å². The van der Waals surface area contributed by atoms with Gasteiger partial charge in [0, 0.05) is 11.2 Å². The van der Waals surface area contributed by atoms with Gasteiger partial charge in [0.1, 0.15) is 6.04 Å². The van der Waals surface area contributed by atoms with Gasteiger partial charge in [-0.1, -0.05) is 77.9 Å². The van der Waals surface area contributed by atoms with Crippen LogP contribution in [0.25, 0.3) is 0 Å². The Labute approximate surface area is 215 Å². The number of nitrogens with one attached hydrogen (secondary N) is 1. The molecule has 1 unspecified atom stereocenters. The molecule has 1 aromatic heterocycles. The molecule has 3 aromatic rings. The Kier molecular flexibility index (Phi) is 7.54. The predicted octanol–water partition coefficient (Wildman–Crippen LogP) is 7.18. The van der Waals surface area contributed by atoms with Gasteiger partial charge in [0.25, 0.3) is 5.91 Å². The van der Waals surface area contributed by atoms with Gasteiger partial charge in [-0.2, -0.15) is 0 Å². The molecule has 0 spiro atoms. The van der Waals surface area contributed by atoms with Crippen molar-refractivity contribution in [3.8, 4) is 0 Å². The van der Waals surface area contributed by atoms with E-state index in [1.807, 2.05) is 69.3 Å². The molecule has 0 aliphatic carbocycles. The maximum absolute atomic E-state index is 13.9. The molecule has 1 atom stereocenters. The first-order valence-corrected chi connectivity index (χ1v) is 12.5. The van der Waals surface area contributed by atoms with Crippen molar-refractivity contribution in [2.75, 3.05) is 4.90 Å². The summed E-state index contributed by atoms with van der Waals surface area (Å²) in [6.45, 7) is 18.7. The summed E-state index contributed by atoms with van der Waals surface area (Å²) in [5, 5.41) is 3.09. The molecule has 2 amide bonds. The summed E-state index contributed by atoms with van der Waals surface area (Å²) in [6, 6.07) is 18.2. The molecule has 1 N–H and O–H groups in total. The molecule has 36 heavy (non-hydrogen) atoms. The van der Waals surface area contributed by atoms with Crippen LogP contribution in [0.3, 0.4) is 0 Å². The van der Waals surface area contributed by atoms with Crippen molar-refractivity contribution in [1.82, 2.24) is 5.32 Å². The molecule has 0 saturated heterocycles. The van der Waals surface area contributed by atoms with Gasteiger partial charge in [-0.3, -0.25) is 14.5 Å². The van der Waals surface area contributed by atoms with E-state index in [9.17, 15) is 9.59 Å². The van der Waals surface area contributed by atoms with E-state index in [1.54, 1.807) is 17.0 Å². The Bertz CT molecular complexity index is 1170. The first-order valence-electron chi connectivity index (χ1n) is 12.5. The van der Waals surface area contributed by atoms with E-state index in [1.165, 1.54) is 6.26 Å². The largest absolute Gasteiger partial charge is 0.459 e. The van der Waals surface area contributed by atoms with Gasteiger partial charge in [0.15, 0.2) is 5.76 Å². The lowest BCUT2D eigenvalue weighted by molar-refractivity contribution is -0.123. The number of carbonyl (C=O) groups is 2. The summed E-state index contributed by atoms with van der Waals surface area (Å²) in [6.07, 6.45) is 1.47. The van der Waals surface area contributed by atoms with Crippen molar-refractivity contribution in [3.05, 3.63) is 89.4 Å². The summed E-state index contributed by atoms with van der Waals surface area (Å²) in [4.78, 5) is 29.2. The first kappa shape index (κ1) is 27.3. The molecular formula is C31H40N2O3. The molecule has 0 saturated carbocycles. The van der Waals surface area contributed by atoms with Crippen molar-refractivity contribution >= 4 is 17.5 Å². The van der Waals surface area contributed by atoms with E-state index in [4.69, 9.17) is 4.42 Å². The Balaban J connectivity index is 2.19. The molecule has 0 radical (unpaired) electrons. The molecule has 5 heteroatoms. The van der Waals surface area contributed by atoms with Crippen LogP contribution in [0, 0.1) is 0 Å². The zero-order chi connectivity index (χ0) is 26.9. The standard InChI is InChI=1S/C31H40N2O3/c1-29(2,3)22-14-12-21(13-15-22)26(27(34)32-31(7,8)9)33(28(35)25-11-10-20-36-25)24-18-16-23(17-19-24)30(4,5)6/h10-20,26H,1-9H3,(H,32,34). The van der Waals surface area contributed by atoms with Gasteiger partial charge in [-0.05, 0) is 72.6 Å². The number of anilines is 1. The summed E-state index contributed by atoms with van der Waals surface area (Å²) in [5.41, 5.74) is 3.09. The summed E-state index contributed by atoms with van der Waals surface area (Å²) >= 11 is 0. The van der Waals surface area contributed by atoms with Crippen LogP contribution in [-0.2, 0) is 15.6 Å². The highest BCUT2D eigenvalue weighted by Crippen LogP contribution is 2.33. The number of rotatable bonds is 5. The van der Waals surface area contributed by atoms with Crippen molar-refractivity contribution < 1.29 is 14.0 Å². The van der Waals surface area contributed by atoms with Gasteiger partial charge in [0.05, 0.1) is 6.26 Å². The van der Waals surface area contributed by atoms with Crippen LogP contribution in [0.2, 0.25) is 0 Å². The fraction of sp³-hybridized carbons (Fsp3) is 0.419. The molecular weight excluding hydrogens is 448 g/mol. The zero-order valence-electron chi connectivity index (χ0n) is 23.1. The van der Waals surface area contributed by atoms with Gasteiger partial charge < -0.3 is 9.73 Å². The number of benzene rings is 2. The molecule has 0 aliphatic rings. The molecule has 3 rings (SSSR count). The SMILES string of the molecule is CC(C)(C)NC(=O)C(c1ccc(C(C)(C)C)cc1)N(C(=O)c1ccco1)c1ccc(C(C)(C)C)cc1. The zero-order valence-corrected chi connectivity index (χ0v) is 23.1. The Morgan fingerprint density at radius 2 is 1.25 bits per heavy atom. The normalized spacial score (nSPS) is 13.2. The highest BCUT2D eigenvalue weighted by molar-refractivity contribution is 6.08. The number of amides is 2. The minimum absolute atomic E-state index is 0.0336. The number of nitrogens with zero attached hydrogens (tertiary/aromatic N) is 1. The smallest absolute Gasteiger partial charge is 0.294 e.